The highest BCUT2D eigenvalue weighted by molar-refractivity contribution is 7.90. The number of halogens is 1. The summed E-state index contributed by atoms with van der Waals surface area (Å²) in [6.45, 7) is 1.97. The summed E-state index contributed by atoms with van der Waals surface area (Å²) in [5.41, 5.74) is 2.50. The molecule has 0 unspecified atom stereocenters. The van der Waals surface area contributed by atoms with Crippen molar-refractivity contribution in [3.05, 3.63) is 70.3 Å². The molecule has 4 rings (SSSR count). The van der Waals surface area contributed by atoms with Crippen LogP contribution in [0.1, 0.15) is 10.6 Å². The third-order valence-corrected chi connectivity index (χ3v) is 6.77. The maximum atomic E-state index is 12.7. The first-order chi connectivity index (χ1) is 12.4. The summed E-state index contributed by atoms with van der Waals surface area (Å²) in [6, 6.07) is 12.9. The highest BCUT2D eigenvalue weighted by Gasteiger charge is 2.14. The summed E-state index contributed by atoms with van der Waals surface area (Å²) < 4.78 is 27.8. The van der Waals surface area contributed by atoms with Gasteiger partial charge >= 0.3 is 0 Å². The number of fused-ring (bicyclic) bond motifs is 2. The van der Waals surface area contributed by atoms with Crippen LogP contribution in [0, 0.1) is 6.92 Å². The summed E-state index contributed by atoms with van der Waals surface area (Å²) in [7, 11) is -3.49. The minimum absolute atomic E-state index is 0.0897. The zero-order valence-electron chi connectivity index (χ0n) is 13.9. The Kier molecular flexibility index (Phi) is 4.34. The van der Waals surface area contributed by atoms with Crippen LogP contribution in [0.2, 0.25) is 5.02 Å². The summed E-state index contributed by atoms with van der Waals surface area (Å²) in [5, 5.41) is 2.40. The Morgan fingerprint density at radius 3 is 2.88 bits per heavy atom. The molecule has 0 saturated carbocycles. The average molecular weight is 403 g/mol. The third kappa shape index (κ3) is 3.28. The summed E-state index contributed by atoms with van der Waals surface area (Å²) in [5.74, 6) is -0.0897. The quantitative estimate of drug-likeness (QED) is 0.477. The molecule has 0 N–H and O–H groups in total. The first-order valence-electron chi connectivity index (χ1n) is 7.96. The van der Waals surface area contributed by atoms with Gasteiger partial charge in [-0.1, -0.05) is 29.8 Å². The number of benzene rings is 2. The maximum absolute atomic E-state index is 12.7. The maximum Gasteiger partial charge on any atom is 0.242 e. The van der Waals surface area contributed by atoms with Crippen LogP contribution in [-0.4, -0.2) is 23.1 Å². The highest BCUT2D eigenvalue weighted by atomic mass is 35.5. The molecule has 0 aliphatic heterocycles. The van der Waals surface area contributed by atoms with Crippen molar-refractivity contribution in [2.45, 2.75) is 6.92 Å². The van der Waals surface area contributed by atoms with E-state index in [9.17, 15) is 8.42 Å². The molecule has 26 heavy (non-hydrogen) atoms. The number of hydrogen-bond donors (Lipinski definition) is 0. The molecule has 0 amide bonds. The summed E-state index contributed by atoms with van der Waals surface area (Å²) in [4.78, 5) is 4.46. The van der Waals surface area contributed by atoms with E-state index in [4.69, 9.17) is 11.6 Å². The molecule has 4 nitrogen and oxygen atoms in total. The lowest BCUT2D eigenvalue weighted by atomic mass is 10.2. The van der Waals surface area contributed by atoms with Gasteiger partial charge in [-0.2, -0.15) is 0 Å². The van der Waals surface area contributed by atoms with Gasteiger partial charge in [-0.15, -0.1) is 11.3 Å². The zero-order chi connectivity index (χ0) is 18.3. The van der Waals surface area contributed by atoms with Crippen LogP contribution in [0.4, 0.5) is 0 Å². The van der Waals surface area contributed by atoms with E-state index in [0.29, 0.717) is 10.5 Å². The molecule has 0 spiro atoms. The Bertz CT molecular complexity index is 1250. The van der Waals surface area contributed by atoms with Gasteiger partial charge in [-0.25, -0.2) is 17.4 Å². The van der Waals surface area contributed by atoms with E-state index in [1.165, 1.54) is 3.97 Å². The Balaban J connectivity index is 1.59. The molecule has 4 aromatic rings. The van der Waals surface area contributed by atoms with E-state index >= 15 is 0 Å². The molecule has 2 aromatic heterocycles. The number of aryl methyl sites for hydroxylation is 1. The molecule has 0 saturated heterocycles. The van der Waals surface area contributed by atoms with Crippen molar-refractivity contribution in [2.24, 2.45) is 0 Å². The van der Waals surface area contributed by atoms with Crippen molar-refractivity contribution in [2.75, 3.05) is 5.75 Å². The lowest BCUT2D eigenvalue weighted by Crippen LogP contribution is -2.14. The van der Waals surface area contributed by atoms with Crippen molar-refractivity contribution in [3.8, 4) is 0 Å². The topological polar surface area (TPSA) is 52.0 Å². The van der Waals surface area contributed by atoms with E-state index in [2.05, 4.69) is 4.98 Å². The molecule has 0 atom stereocenters. The van der Waals surface area contributed by atoms with Crippen molar-refractivity contribution >= 4 is 60.2 Å². The fourth-order valence-electron chi connectivity index (χ4n) is 2.88. The predicted octanol–water partition coefficient (Wildman–Crippen LogP) is 5.10. The van der Waals surface area contributed by atoms with E-state index in [1.54, 1.807) is 47.9 Å². The second-order valence-electron chi connectivity index (χ2n) is 5.96. The lowest BCUT2D eigenvalue weighted by molar-refractivity contribution is 0.592. The SMILES string of the molecule is Cc1nc2cc(C=CCS(=O)(=O)n3ccc4cc(Cl)ccc43)ccc2s1. The minimum Gasteiger partial charge on any atom is -0.245 e. The highest BCUT2D eigenvalue weighted by Crippen LogP contribution is 2.24. The number of hydrogen-bond acceptors (Lipinski definition) is 4. The van der Waals surface area contributed by atoms with Gasteiger partial charge in [0.25, 0.3) is 0 Å². The van der Waals surface area contributed by atoms with Gasteiger partial charge in [-0.3, -0.25) is 0 Å². The number of rotatable bonds is 4. The van der Waals surface area contributed by atoms with Crippen LogP contribution in [0.15, 0.2) is 54.7 Å². The van der Waals surface area contributed by atoms with Crippen molar-refractivity contribution in [1.29, 1.82) is 0 Å². The fraction of sp³-hybridized carbons (Fsp3) is 0.105. The lowest BCUT2D eigenvalue weighted by Gasteiger charge is -2.05. The summed E-state index contributed by atoms with van der Waals surface area (Å²) in [6.07, 6.45) is 5.04. The Hall–Kier alpha value is -2.15. The average Bonchev–Trinajstić information content (AvgIpc) is 3.16. The molecular formula is C19H15ClN2O2S2. The van der Waals surface area contributed by atoms with Crippen molar-refractivity contribution < 1.29 is 8.42 Å². The van der Waals surface area contributed by atoms with Gasteiger partial charge in [0, 0.05) is 16.6 Å². The monoisotopic (exact) mass is 402 g/mol. The smallest absolute Gasteiger partial charge is 0.242 e. The second kappa shape index (κ2) is 6.54. The number of thiazole rings is 1. The van der Waals surface area contributed by atoms with Crippen LogP contribution in [-0.2, 0) is 10.0 Å². The van der Waals surface area contributed by atoms with Crippen LogP contribution in [0.25, 0.3) is 27.2 Å². The second-order valence-corrected chi connectivity index (χ2v) is 9.52. The molecular weight excluding hydrogens is 388 g/mol. The van der Waals surface area contributed by atoms with Gasteiger partial charge in [-0.05, 0) is 48.9 Å². The molecule has 0 aliphatic rings. The van der Waals surface area contributed by atoms with Gasteiger partial charge < -0.3 is 0 Å². The third-order valence-electron chi connectivity index (χ3n) is 4.05. The Morgan fingerprint density at radius 1 is 1.19 bits per heavy atom. The molecule has 132 valence electrons. The molecule has 0 fully saturated rings. The minimum atomic E-state index is -3.49. The molecule has 7 heteroatoms. The zero-order valence-corrected chi connectivity index (χ0v) is 16.3. The first kappa shape index (κ1) is 17.3. The van der Waals surface area contributed by atoms with E-state index in [0.717, 1.165) is 26.2 Å². The fourth-order valence-corrected chi connectivity index (χ4v) is 5.08. The van der Waals surface area contributed by atoms with Gasteiger partial charge in [0.2, 0.25) is 10.0 Å². The van der Waals surface area contributed by atoms with Crippen molar-refractivity contribution in [1.82, 2.24) is 8.96 Å². The number of aromatic nitrogens is 2. The molecule has 0 aliphatic carbocycles. The molecule has 2 aromatic carbocycles. The number of nitrogens with zero attached hydrogens (tertiary/aromatic N) is 2. The van der Waals surface area contributed by atoms with Crippen LogP contribution in [0.3, 0.4) is 0 Å². The van der Waals surface area contributed by atoms with Gasteiger partial charge in [0.1, 0.15) is 0 Å². The van der Waals surface area contributed by atoms with Crippen molar-refractivity contribution in [3.63, 3.8) is 0 Å². The summed E-state index contributed by atoms with van der Waals surface area (Å²) >= 11 is 7.61. The van der Waals surface area contributed by atoms with Crippen LogP contribution in [0.5, 0.6) is 0 Å². The van der Waals surface area contributed by atoms with Gasteiger partial charge in [0.05, 0.1) is 26.5 Å². The molecule has 0 radical (unpaired) electrons. The van der Waals surface area contributed by atoms with Crippen LogP contribution >= 0.6 is 22.9 Å². The Labute approximate surface area is 160 Å². The normalized spacial score (nSPS) is 12.5. The van der Waals surface area contributed by atoms with E-state index < -0.39 is 10.0 Å². The first-order valence-corrected chi connectivity index (χ1v) is 10.8. The van der Waals surface area contributed by atoms with E-state index in [1.807, 2.05) is 31.2 Å². The van der Waals surface area contributed by atoms with Gasteiger partial charge in [0.15, 0.2) is 0 Å². The Morgan fingerprint density at radius 2 is 2.04 bits per heavy atom. The largest absolute Gasteiger partial charge is 0.245 e. The standard InChI is InChI=1S/C19H15ClN2O2S2/c1-13-21-17-11-14(4-7-19(17)25-13)3-2-10-26(23,24)22-9-8-15-12-16(20)5-6-18(15)22/h2-9,11-12H,10H2,1H3. The molecule has 0 bridgehead atoms. The molecule has 2 heterocycles. The van der Waals surface area contributed by atoms with Crippen LogP contribution < -0.4 is 0 Å². The van der Waals surface area contributed by atoms with E-state index in [-0.39, 0.29) is 5.75 Å². The predicted molar refractivity (Wildman–Crippen MR) is 110 cm³/mol.